The van der Waals surface area contributed by atoms with E-state index in [1.165, 1.54) is 12.1 Å². The number of carbonyl (C=O) groups is 1. The smallest absolute Gasteiger partial charge is 0.169 e. The molecule has 1 rings (SSSR count). The van der Waals surface area contributed by atoms with E-state index in [0.29, 0.717) is 19.4 Å². The Bertz CT molecular complexity index is 440. The van der Waals surface area contributed by atoms with Crippen molar-refractivity contribution in [2.24, 2.45) is 0 Å². The van der Waals surface area contributed by atoms with Gasteiger partial charge in [0.2, 0.25) is 0 Å². The van der Waals surface area contributed by atoms with E-state index in [1.807, 2.05) is 20.8 Å². The van der Waals surface area contributed by atoms with E-state index >= 15 is 0 Å². The number of benzene rings is 1. The van der Waals surface area contributed by atoms with Gasteiger partial charge in [0.1, 0.15) is 5.60 Å². The molecule has 4 heteroatoms. The summed E-state index contributed by atoms with van der Waals surface area (Å²) in [6, 6.07) is 3.87. The zero-order valence-electron chi connectivity index (χ0n) is 11.6. The van der Waals surface area contributed by atoms with Crippen molar-refractivity contribution in [2.75, 3.05) is 6.61 Å². The number of halogens is 2. The SMILES string of the molecule is CCOC(CC)(CC)C(=O)Cc1cccc(F)c1F. The van der Waals surface area contributed by atoms with E-state index in [4.69, 9.17) is 4.74 Å². The molecule has 0 N–H and O–H groups in total. The lowest BCUT2D eigenvalue weighted by atomic mass is 9.88. The van der Waals surface area contributed by atoms with Crippen LogP contribution in [0.25, 0.3) is 0 Å². The molecule has 0 aromatic heterocycles. The molecule has 0 bridgehead atoms. The highest BCUT2D eigenvalue weighted by Gasteiger charge is 2.35. The first-order valence-corrected chi connectivity index (χ1v) is 6.60. The minimum atomic E-state index is -0.951. The zero-order chi connectivity index (χ0) is 14.5. The molecule has 0 atom stereocenters. The molecule has 0 heterocycles. The lowest BCUT2D eigenvalue weighted by Gasteiger charge is -2.30. The van der Waals surface area contributed by atoms with Gasteiger partial charge in [-0.25, -0.2) is 8.78 Å². The molecular weight excluding hydrogens is 250 g/mol. The molecule has 0 radical (unpaired) electrons. The lowest BCUT2D eigenvalue weighted by Crippen LogP contribution is -2.41. The number of ether oxygens (including phenoxy) is 1. The average molecular weight is 270 g/mol. The summed E-state index contributed by atoms with van der Waals surface area (Å²) in [5, 5.41) is 0. The Labute approximate surface area is 112 Å². The van der Waals surface area contributed by atoms with Gasteiger partial charge >= 0.3 is 0 Å². The van der Waals surface area contributed by atoms with Gasteiger partial charge in [-0.2, -0.15) is 0 Å². The average Bonchev–Trinajstić information content (AvgIpc) is 2.41. The summed E-state index contributed by atoms with van der Waals surface area (Å²) in [4.78, 5) is 12.3. The number of hydrogen-bond donors (Lipinski definition) is 0. The Hall–Kier alpha value is -1.29. The lowest BCUT2D eigenvalue weighted by molar-refractivity contribution is -0.144. The van der Waals surface area contributed by atoms with Crippen molar-refractivity contribution in [3.05, 3.63) is 35.4 Å². The third kappa shape index (κ3) is 3.38. The summed E-state index contributed by atoms with van der Waals surface area (Å²) in [5.74, 6) is -2.09. The summed E-state index contributed by atoms with van der Waals surface area (Å²) >= 11 is 0. The maximum absolute atomic E-state index is 13.6. The molecule has 0 aliphatic rings. The Kier molecular flexibility index (Phi) is 5.60. The van der Waals surface area contributed by atoms with Crippen molar-refractivity contribution in [1.82, 2.24) is 0 Å². The van der Waals surface area contributed by atoms with E-state index in [-0.39, 0.29) is 17.8 Å². The van der Waals surface area contributed by atoms with Crippen molar-refractivity contribution < 1.29 is 18.3 Å². The van der Waals surface area contributed by atoms with E-state index in [9.17, 15) is 13.6 Å². The summed E-state index contributed by atoms with van der Waals surface area (Å²) in [5.41, 5.74) is -0.816. The van der Waals surface area contributed by atoms with Crippen LogP contribution in [0.5, 0.6) is 0 Å². The second kappa shape index (κ2) is 6.75. The number of Topliss-reactive ketones (excluding diaryl/α,β-unsaturated/α-hetero) is 1. The van der Waals surface area contributed by atoms with Gasteiger partial charge in [0.05, 0.1) is 0 Å². The first-order valence-electron chi connectivity index (χ1n) is 6.60. The molecule has 0 aliphatic heterocycles. The highest BCUT2D eigenvalue weighted by Crippen LogP contribution is 2.24. The Balaban J connectivity index is 2.97. The molecule has 0 amide bonds. The van der Waals surface area contributed by atoms with Crippen molar-refractivity contribution in [2.45, 2.75) is 45.6 Å². The molecule has 0 aliphatic carbocycles. The van der Waals surface area contributed by atoms with Gasteiger partial charge < -0.3 is 4.74 Å². The summed E-state index contributed by atoms with van der Waals surface area (Å²) in [6.45, 7) is 5.95. The standard InChI is InChI=1S/C15H20F2O2/c1-4-15(5-2,19-6-3)13(18)10-11-8-7-9-12(16)14(11)17/h7-9H,4-6,10H2,1-3H3. The second-order valence-corrected chi connectivity index (χ2v) is 4.45. The topological polar surface area (TPSA) is 26.3 Å². The summed E-state index contributed by atoms with van der Waals surface area (Å²) in [7, 11) is 0. The molecule has 0 saturated heterocycles. The quantitative estimate of drug-likeness (QED) is 0.755. The van der Waals surface area contributed by atoms with Gasteiger partial charge in [0, 0.05) is 13.0 Å². The fourth-order valence-electron chi connectivity index (χ4n) is 2.22. The summed E-state index contributed by atoms with van der Waals surface area (Å²) in [6.07, 6.45) is 0.894. The number of carbonyl (C=O) groups excluding carboxylic acids is 1. The van der Waals surface area contributed by atoms with E-state index < -0.39 is 17.2 Å². The molecule has 106 valence electrons. The number of rotatable bonds is 7. The van der Waals surface area contributed by atoms with Gasteiger partial charge in [-0.1, -0.05) is 26.0 Å². The van der Waals surface area contributed by atoms with Crippen molar-refractivity contribution in [3.63, 3.8) is 0 Å². The van der Waals surface area contributed by atoms with Crippen LogP contribution in [0.1, 0.15) is 39.2 Å². The van der Waals surface area contributed by atoms with Crippen LogP contribution in [0.3, 0.4) is 0 Å². The predicted octanol–water partition coefficient (Wildman–Crippen LogP) is 3.67. The van der Waals surface area contributed by atoms with Gasteiger partial charge in [-0.15, -0.1) is 0 Å². The molecule has 1 aromatic rings. The zero-order valence-corrected chi connectivity index (χ0v) is 11.6. The minimum Gasteiger partial charge on any atom is -0.368 e. The highest BCUT2D eigenvalue weighted by atomic mass is 19.2. The van der Waals surface area contributed by atoms with Crippen LogP contribution in [0.4, 0.5) is 8.78 Å². The van der Waals surface area contributed by atoms with Crippen LogP contribution in [-0.4, -0.2) is 18.0 Å². The number of hydrogen-bond acceptors (Lipinski definition) is 2. The Morgan fingerprint density at radius 2 is 1.84 bits per heavy atom. The Morgan fingerprint density at radius 1 is 1.21 bits per heavy atom. The monoisotopic (exact) mass is 270 g/mol. The van der Waals surface area contributed by atoms with Crippen LogP contribution in [0, 0.1) is 11.6 Å². The van der Waals surface area contributed by atoms with Crippen molar-refractivity contribution in [1.29, 1.82) is 0 Å². The first kappa shape index (κ1) is 15.8. The van der Waals surface area contributed by atoms with Gasteiger partial charge in [-0.05, 0) is 31.4 Å². The van der Waals surface area contributed by atoms with Crippen molar-refractivity contribution >= 4 is 5.78 Å². The fraction of sp³-hybridized carbons (Fsp3) is 0.533. The van der Waals surface area contributed by atoms with Crippen LogP contribution in [0.15, 0.2) is 18.2 Å². The molecular formula is C15H20F2O2. The largest absolute Gasteiger partial charge is 0.368 e. The van der Waals surface area contributed by atoms with Gasteiger partial charge in [-0.3, -0.25) is 4.79 Å². The van der Waals surface area contributed by atoms with Crippen LogP contribution in [-0.2, 0) is 16.0 Å². The first-order chi connectivity index (χ1) is 9.00. The van der Waals surface area contributed by atoms with E-state index in [0.717, 1.165) is 6.07 Å². The third-order valence-electron chi connectivity index (χ3n) is 3.45. The van der Waals surface area contributed by atoms with Crippen molar-refractivity contribution in [3.8, 4) is 0 Å². The minimum absolute atomic E-state index is 0.0796. The van der Waals surface area contributed by atoms with Crippen LogP contribution >= 0.6 is 0 Å². The maximum atomic E-state index is 13.6. The summed E-state index contributed by atoms with van der Waals surface area (Å²) < 4.78 is 32.3. The molecule has 0 saturated carbocycles. The van der Waals surface area contributed by atoms with Gasteiger partial charge in [0.25, 0.3) is 0 Å². The van der Waals surface area contributed by atoms with E-state index in [1.54, 1.807) is 0 Å². The molecule has 0 fully saturated rings. The van der Waals surface area contributed by atoms with E-state index in [2.05, 4.69) is 0 Å². The highest BCUT2D eigenvalue weighted by molar-refractivity contribution is 5.89. The number of ketones is 1. The fourth-order valence-corrected chi connectivity index (χ4v) is 2.22. The Morgan fingerprint density at radius 3 is 2.37 bits per heavy atom. The van der Waals surface area contributed by atoms with Crippen LogP contribution in [0.2, 0.25) is 0 Å². The predicted molar refractivity (Wildman–Crippen MR) is 70.0 cm³/mol. The molecule has 0 unspecified atom stereocenters. The molecule has 19 heavy (non-hydrogen) atoms. The van der Waals surface area contributed by atoms with Crippen LogP contribution < -0.4 is 0 Å². The third-order valence-corrected chi connectivity index (χ3v) is 3.45. The normalized spacial score (nSPS) is 11.6. The molecule has 0 spiro atoms. The molecule has 1 aromatic carbocycles. The second-order valence-electron chi connectivity index (χ2n) is 4.45. The molecule has 2 nitrogen and oxygen atoms in total. The maximum Gasteiger partial charge on any atom is 0.169 e. The van der Waals surface area contributed by atoms with Gasteiger partial charge in [0.15, 0.2) is 17.4 Å².